The average Bonchev–Trinajstić information content (AvgIpc) is 3.05. The molecular formula is C25H28BClFNO4. The van der Waals surface area contributed by atoms with E-state index in [4.69, 9.17) is 21.1 Å². The molecule has 0 aromatic heterocycles. The number of ether oxygens (including phenoxy) is 2. The van der Waals surface area contributed by atoms with Gasteiger partial charge in [0.25, 0.3) is 0 Å². The molecule has 0 radical (unpaired) electrons. The Morgan fingerprint density at radius 3 is 2.76 bits per heavy atom. The topological polar surface area (TPSA) is 55.8 Å². The molecule has 0 spiro atoms. The van der Waals surface area contributed by atoms with Crippen molar-refractivity contribution in [3.8, 4) is 11.1 Å². The van der Waals surface area contributed by atoms with Gasteiger partial charge in [-0.3, -0.25) is 4.79 Å². The molecule has 0 bridgehead atoms. The van der Waals surface area contributed by atoms with Gasteiger partial charge in [-0.2, -0.15) is 0 Å². The first-order valence-corrected chi connectivity index (χ1v) is 11.8. The fraction of sp³-hybridized carbons (Fsp3) is 0.440. The second kappa shape index (κ2) is 10.4. The predicted octanol–water partition coefficient (Wildman–Crippen LogP) is 4.38. The van der Waals surface area contributed by atoms with E-state index in [0.29, 0.717) is 30.0 Å². The molecule has 174 valence electrons. The number of amides is 1. The van der Waals surface area contributed by atoms with Crippen molar-refractivity contribution in [2.24, 2.45) is 5.41 Å². The van der Waals surface area contributed by atoms with Crippen LogP contribution in [-0.4, -0.2) is 49.9 Å². The minimum absolute atomic E-state index is 0.0603. The van der Waals surface area contributed by atoms with Crippen LogP contribution in [0.1, 0.15) is 38.2 Å². The van der Waals surface area contributed by atoms with Crippen LogP contribution >= 0.6 is 11.6 Å². The summed E-state index contributed by atoms with van der Waals surface area (Å²) in [6.07, 6.45) is 4.64. The third kappa shape index (κ3) is 5.48. The van der Waals surface area contributed by atoms with Crippen molar-refractivity contribution >= 4 is 31.1 Å². The summed E-state index contributed by atoms with van der Waals surface area (Å²) in [5, 5.41) is 0.476. The van der Waals surface area contributed by atoms with Crippen molar-refractivity contribution in [2.75, 3.05) is 13.2 Å². The molecule has 2 aromatic carbocycles. The third-order valence-electron chi connectivity index (χ3n) is 6.57. The van der Waals surface area contributed by atoms with Gasteiger partial charge in [0.2, 0.25) is 5.91 Å². The van der Waals surface area contributed by atoms with E-state index in [1.165, 1.54) is 12.1 Å². The number of hydrogen-bond donors (Lipinski definition) is 0. The van der Waals surface area contributed by atoms with Crippen molar-refractivity contribution in [1.29, 1.82) is 0 Å². The number of nitrogens with zero attached hydrogens (tertiary/aromatic N) is 1. The maximum Gasteiger partial charge on any atom is 0.313 e. The molecule has 2 fully saturated rings. The summed E-state index contributed by atoms with van der Waals surface area (Å²) in [7, 11) is 0.0603. The predicted molar refractivity (Wildman–Crippen MR) is 127 cm³/mol. The Morgan fingerprint density at radius 1 is 1.27 bits per heavy atom. The summed E-state index contributed by atoms with van der Waals surface area (Å²) in [5.74, 6) is -0.392. The number of halogens is 2. The van der Waals surface area contributed by atoms with E-state index in [9.17, 15) is 14.0 Å². The SMILES string of the molecule is C[C@@]1(COC2CCCCO2)C[C@@H](Cc2ccc(-c3cc(Cl)ccc3F)cc2)N(BC=O)C1=O. The quantitative estimate of drug-likeness (QED) is 0.423. The zero-order chi connectivity index (χ0) is 23.4. The number of rotatable bonds is 8. The molecular weight excluding hydrogens is 444 g/mol. The number of carbonyl (C=O) groups is 2. The molecule has 8 heteroatoms. The lowest BCUT2D eigenvalue weighted by Gasteiger charge is -2.28. The molecule has 3 atom stereocenters. The van der Waals surface area contributed by atoms with Gasteiger partial charge in [-0.15, -0.1) is 0 Å². The number of benzene rings is 2. The van der Waals surface area contributed by atoms with Gasteiger partial charge in [0.05, 0.1) is 12.0 Å². The van der Waals surface area contributed by atoms with E-state index in [2.05, 4.69) is 0 Å². The lowest BCUT2D eigenvalue weighted by atomic mass is 9.86. The van der Waals surface area contributed by atoms with E-state index >= 15 is 0 Å². The normalized spacial score (nSPS) is 25.3. The highest BCUT2D eigenvalue weighted by molar-refractivity contribution is 6.66. The Kier molecular flexibility index (Phi) is 7.52. The van der Waals surface area contributed by atoms with Crippen LogP contribution in [0.5, 0.6) is 0 Å². The second-order valence-electron chi connectivity index (χ2n) is 9.18. The fourth-order valence-corrected chi connectivity index (χ4v) is 4.95. The van der Waals surface area contributed by atoms with Crippen molar-refractivity contribution in [3.05, 3.63) is 58.9 Å². The first-order chi connectivity index (χ1) is 15.9. The molecule has 0 aliphatic carbocycles. The van der Waals surface area contributed by atoms with Gasteiger partial charge < -0.3 is 19.1 Å². The Hall–Kier alpha value is -2.22. The minimum atomic E-state index is -0.696. The van der Waals surface area contributed by atoms with E-state index in [-0.39, 0.29) is 38.1 Å². The number of hydrogen-bond acceptors (Lipinski definition) is 4. The first-order valence-electron chi connectivity index (χ1n) is 11.4. The van der Waals surface area contributed by atoms with Gasteiger partial charge in [-0.1, -0.05) is 35.9 Å². The van der Waals surface area contributed by atoms with E-state index in [1.54, 1.807) is 10.9 Å². The molecule has 2 aliphatic heterocycles. The lowest BCUT2D eigenvalue weighted by molar-refractivity contribution is -0.179. The average molecular weight is 472 g/mol. The molecule has 0 N–H and O–H groups in total. The molecule has 5 nitrogen and oxygen atoms in total. The molecule has 2 aromatic rings. The monoisotopic (exact) mass is 471 g/mol. The van der Waals surface area contributed by atoms with E-state index < -0.39 is 5.41 Å². The second-order valence-corrected chi connectivity index (χ2v) is 9.61. The molecule has 33 heavy (non-hydrogen) atoms. The van der Waals surface area contributed by atoms with Crippen LogP contribution in [-0.2, 0) is 25.5 Å². The highest BCUT2D eigenvalue weighted by Gasteiger charge is 2.48. The van der Waals surface area contributed by atoms with E-state index in [1.807, 2.05) is 31.2 Å². The standard InChI is InChI=1S/C25H28BClFNO4/c1-25(15-33-23-4-2-3-11-32-23)14-20(29(24(25)31)26-16-30)12-17-5-7-18(8-6-17)21-13-19(27)9-10-22(21)28/h5-10,13,16,20,23,26H,2-4,11-12,14-15H2,1H3/t20-,23?,25+/m1/s1. The Bertz CT molecular complexity index is 998. The summed E-state index contributed by atoms with van der Waals surface area (Å²) in [4.78, 5) is 26.1. The molecule has 2 aliphatic rings. The highest BCUT2D eigenvalue weighted by Crippen LogP contribution is 2.38. The van der Waals surface area contributed by atoms with Gasteiger partial charge in [-0.25, -0.2) is 4.39 Å². The summed E-state index contributed by atoms with van der Waals surface area (Å²) in [6, 6.07) is 11.9. The Balaban J connectivity index is 1.46. The van der Waals surface area contributed by atoms with Crippen LogP contribution in [0, 0.1) is 11.2 Å². The van der Waals surface area contributed by atoms with Crippen molar-refractivity contribution in [1.82, 2.24) is 4.81 Å². The largest absolute Gasteiger partial charge is 0.378 e. The molecule has 1 unspecified atom stereocenters. The van der Waals surface area contributed by atoms with Gasteiger partial charge >= 0.3 is 7.41 Å². The van der Waals surface area contributed by atoms with Crippen molar-refractivity contribution < 1.29 is 23.5 Å². The minimum Gasteiger partial charge on any atom is -0.378 e. The lowest BCUT2D eigenvalue weighted by Crippen LogP contribution is -2.42. The third-order valence-corrected chi connectivity index (χ3v) is 6.80. The van der Waals surface area contributed by atoms with Gasteiger partial charge in [0.1, 0.15) is 12.0 Å². The van der Waals surface area contributed by atoms with Crippen LogP contribution in [0.15, 0.2) is 42.5 Å². The first kappa shape index (κ1) is 23.9. The number of carbonyl (C=O) groups excluding carboxylic acids is 2. The maximum absolute atomic E-state index is 14.2. The van der Waals surface area contributed by atoms with Crippen LogP contribution < -0.4 is 0 Å². The van der Waals surface area contributed by atoms with Crippen molar-refractivity contribution in [3.63, 3.8) is 0 Å². The molecule has 2 saturated heterocycles. The zero-order valence-electron chi connectivity index (χ0n) is 18.8. The zero-order valence-corrected chi connectivity index (χ0v) is 19.5. The van der Waals surface area contributed by atoms with Crippen LogP contribution in [0.2, 0.25) is 5.02 Å². The summed E-state index contributed by atoms with van der Waals surface area (Å²) in [5.41, 5.74) is 1.49. The van der Waals surface area contributed by atoms with Crippen LogP contribution in [0.4, 0.5) is 4.39 Å². The fourth-order valence-electron chi connectivity index (χ4n) is 4.78. The molecule has 0 saturated carbocycles. The maximum atomic E-state index is 14.2. The Morgan fingerprint density at radius 2 is 2.06 bits per heavy atom. The van der Waals surface area contributed by atoms with Gasteiger partial charge in [0, 0.05) is 23.2 Å². The van der Waals surface area contributed by atoms with Crippen LogP contribution in [0.3, 0.4) is 0 Å². The summed E-state index contributed by atoms with van der Waals surface area (Å²) < 4.78 is 25.8. The van der Waals surface area contributed by atoms with E-state index in [0.717, 1.165) is 36.6 Å². The molecule has 2 heterocycles. The van der Waals surface area contributed by atoms with Crippen molar-refractivity contribution in [2.45, 2.75) is 51.4 Å². The van der Waals surface area contributed by atoms with Gasteiger partial charge in [-0.05, 0) is 68.4 Å². The summed E-state index contributed by atoms with van der Waals surface area (Å²) >= 11 is 6.02. The smallest absolute Gasteiger partial charge is 0.313 e. The summed E-state index contributed by atoms with van der Waals surface area (Å²) in [6.45, 7) is 2.86. The van der Waals surface area contributed by atoms with Gasteiger partial charge in [0.15, 0.2) is 6.29 Å². The molecule has 1 amide bonds. The molecule has 4 rings (SSSR count). The highest BCUT2D eigenvalue weighted by atomic mass is 35.5. The Labute approximate surface area is 199 Å². The van der Waals surface area contributed by atoms with Crippen LogP contribution in [0.25, 0.3) is 11.1 Å².